The topological polar surface area (TPSA) is 90.1 Å². The summed E-state index contributed by atoms with van der Waals surface area (Å²) in [6.07, 6.45) is 8.01. The van der Waals surface area contributed by atoms with E-state index in [1.807, 2.05) is 30.4 Å². The second-order valence-electron chi connectivity index (χ2n) is 10.5. The number of allylic oxidation sites excluding steroid dienone is 1. The minimum atomic E-state index is -0.131. The van der Waals surface area contributed by atoms with E-state index >= 15 is 0 Å². The number of nitrogens with zero attached hydrogens (tertiary/aromatic N) is 6. The molecule has 6 rings (SSSR count). The quantitative estimate of drug-likeness (QED) is 0.306. The van der Waals surface area contributed by atoms with Gasteiger partial charge in [0.05, 0.1) is 23.4 Å². The van der Waals surface area contributed by atoms with E-state index in [9.17, 15) is 4.79 Å². The number of imidazole rings is 1. The molecule has 0 spiro atoms. The Bertz CT molecular complexity index is 1680. The lowest BCUT2D eigenvalue weighted by Crippen LogP contribution is -2.51. The van der Waals surface area contributed by atoms with Gasteiger partial charge in [-0.05, 0) is 88.4 Å². The summed E-state index contributed by atoms with van der Waals surface area (Å²) in [5.41, 5.74) is 8.23. The molecule has 3 heterocycles. The number of carbonyl (C=O) groups is 1. The van der Waals surface area contributed by atoms with Gasteiger partial charge in [0.1, 0.15) is 5.82 Å². The zero-order chi connectivity index (χ0) is 28.5. The number of urea groups is 1. The van der Waals surface area contributed by atoms with E-state index in [0.29, 0.717) is 44.0 Å². The van der Waals surface area contributed by atoms with E-state index in [0.717, 1.165) is 21.6 Å². The maximum atomic E-state index is 13.1. The van der Waals surface area contributed by atoms with E-state index in [1.54, 1.807) is 24.3 Å². The molecule has 1 unspecified atom stereocenters. The Morgan fingerprint density at radius 2 is 1.85 bits per heavy atom. The highest BCUT2D eigenvalue weighted by molar-refractivity contribution is 9.10. The molecule has 1 saturated heterocycles. The molecular weight excluding hydrogens is 578 g/mol. The minimum Gasteiger partial charge on any atom is -0.331 e. The SMILES string of the molecule is Cc1ccc2c(c1)C(Cn1ccnc1C)=Cc1cc(Br)cnc1C2N1CCN(C(=O)Nc2ccc(C#N)cc2)CC1. The van der Waals surface area contributed by atoms with Gasteiger partial charge in [0.15, 0.2) is 0 Å². The zero-order valence-corrected chi connectivity index (χ0v) is 24.6. The van der Waals surface area contributed by atoms with Gasteiger partial charge in [-0.15, -0.1) is 0 Å². The highest BCUT2D eigenvalue weighted by atomic mass is 79.9. The predicted octanol–water partition coefficient (Wildman–Crippen LogP) is 6.02. The summed E-state index contributed by atoms with van der Waals surface area (Å²) in [5.74, 6) is 0.976. The van der Waals surface area contributed by atoms with Crippen LogP contribution in [0.15, 0.2) is 71.6 Å². The zero-order valence-electron chi connectivity index (χ0n) is 23.0. The fourth-order valence-electron chi connectivity index (χ4n) is 5.68. The molecule has 2 aromatic heterocycles. The maximum Gasteiger partial charge on any atom is 0.321 e. The summed E-state index contributed by atoms with van der Waals surface area (Å²) in [6.45, 7) is 7.50. The number of nitriles is 1. The summed E-state index contributed by atoms with van der Waals surface area (Å²) in [7, 11) is 0. The van der Waals surface area contributed by atoms with Gasteiger partial charge in [0.25, 0.3) is 0 Å². The number of fused-ring (bicyclic) bond motifs is 2. The van der Waals surface area contributed by atoms with Crippen LogP contribution in [0.4, 0.5) is 10.5 Å². The van der Waals surface area contributed by atoms with E-state index < -0.39 is 0 Å². The molecule has 0 radical (unpaired) electrons. The van der Waals surface area contributed by atoms with Crippen LogP contribution in [0.2, 0.25) is 0 Å². The lowest BCUT2D eigenvalue weighted by Gasteiger charge is -2.39. The number of aryl methyl sites for hydroxylation is 2. The van der Waals surface area contributed by atoms with Crippen molar-refractivity contribution in [2.24, 2.45) is 0 Å². The smallest absolute Gasteiger partial charge is 0.321 e. The van der Waals surface area contributed by atoms with Crippen molar-refractivity contribution in [1.29, 1.82) is 5.26 Å². The Morgan fingerprint density at radius 1 is 1.07 bits per heavy atom. The van der Waals surface area contributed by atoms with Crippen molar-refractivity contribution in [3.63, 3.8) is 0 Å². The van der Waals surface area contributed by atoms with Crippen LogP contribution in [-0.2, 0) is 6.54 Å². The number of aromatic nitrogens is 3. The van der Waals surface area contributed by atoms with Crippen LogP contribution in [0, 0.1) is 25.2 Å². The standard InChI is InChI=1S/C32H30BrN7O/c1-21-3-8-28-29(15-21)25(20-40-10-9-35-22(40)2)16-24-17-26(33)19-36-30(24)31(28)38-11-13-39(14-12-38)32(41)37-27-6-4-23(18-34)5-7-27/h3-10,15-17,19,31H,11-14,20H2,1-2H3,(H,37,41). The van der Waals surface area contributed by atoms with E-state index in [1.165, 1.54) is 22.3 Å². The van der Waals surface area contributed by atoms with Gasteiger partial charge in [-0.25, -0.2) is 9.78 Å². The molecule has 2 aliphatic rings. The Labute approximate surface area is 248 Å². The number of carbonyl (C=O) groups excluding carboxylic acids is 1. The molecule has 0 saturated carbocycles. The van der Waals surface area contributed by atoms with Crippen LogP contribution in [0.5, 0.6) is 0 Å². The first-order chi connectivity index (χ1) is 19.9. The molecule has 9 heteroatoms. The number of benzene rings is 2. The third-order valence-electron chi connectivity index (χ3n) is 7.85. The van der Waals surface area contributed by atoms with Gasteiger partial charge < -0.3 is 14.8 Å². The minimum absolute atomic E-state index is 0.0462. The number of hydrogen-bond acceptors (Lipinski definition) is 5. The number of rotatable bonds is 4. The van der Waals surface area contributed by atoms with Gasteiger partial charge in [-0.3, -0.25) is 9.88 Å². The number of halogens is 1. The summed E-state index contributed by atoms with van der Waals surface area (Å²) in [6, 6.07) is 17.7. The van der Waals surface area contributed by atoms with Crippen LogP contribution in [-0.4, -0.2) is 56.5 Å². The molecule has 1 fully saturated rings. The molecule has 1 atom stereocenters. The first kappa shape index (κ1) is 26.9. The lowest BCUT2D eigenvalue weighted by atomic mass is 9.92. The Morgan fingerprint density at radius 3 is 2.56 bits per heavy atom. The third kappa shape index (κ3) is 5.53. The molecule has 2 aromatic carbocycles. The number of piperazine rings is 1. The highest BCUT2D eigenvalue weighted by Crippen LogP contribution is 2.41. The van der Waals surface area contributed by atoms with Crippen LogP contribution < -0.4 is 5.32 Å². The number of pyridine rings is 1. The Hall–Kier alpha value is -4.26. The average molecular weight is 609 g/mol. The van der Waals surface area contributed by atoms with E-state index in [2.05, 4.69) is 79.0 Å². The molecule has 1 aliphatic carbocycles. The number of nitrogens with one attached hydrogen (secondary N) is 1. The van der Waals surface area contributed by atoms with Crippen LogP contribution >= 0.6 is 15.9 Å². The summed E-state index contributed by atoms with van der Waals surface area (Å²) < 4.78 is 3.12. The first-order valence-electron chi connectivity index (χ1n) is 13.6. The normalized spacial score (nSPS) is 16.7. The maximum absolute atomic E-state index is 13.1. The van der Waals surface area contributed by atoms with Crippen molar-refractivity contribution in [3.05, 3.63) is 111 Å². The molecule has 2 amide bonds. The van der Waals surface area contributed by atoms with Gasteiger partial charge in [-0.2, -0.15) is 5.26 Å². The monoisotopic (exact) mass is 607 g/mol. The fourth-order valence-corrected chi connectivity index (χ4v) is 6.03. The summed E-state index contributed by atoms with van der Waals surface area (Å²) in [5, 5.41) is 12.0. The van der Waals surface area contributed by atoms with Gasteiger partial charge in [0.2, 0.25) is 0 Å². The van der Waals surface area contributed by atoms with Crippen molar-refractivity contribution in [2.45, 2.75) is 26.4 Å². The number of hydrogen-bond donors (Lipinski definition) is 1. The molecule has 1 aliphatic heterocycles. The van der Waals surface area contributed by atoms with Crippen LogP contribution in [0.25, 0.3) is 11.6 Å². The molecule has 0 bridgehead atoms. The summed E-state index contributed by atoms with van der Waals surface area (Å²) in [4.78, 5) is 26.7. The predicted molar refractivity (Wildman–Crippen MR) is 163 cm³/mol. The lowest BCUT2D eigenvalue weighted by molar-refractivity contribution is 0.125. The van der Waals surface area contributed by atoms with Crippen LogP contribution in [0.3, 0.4) is 0 Å². The molecule has 4 aromatic rings. The average Bonchev–Trinajstić information content (AvgIpc) is 3.33. The molecule has 1 N–H and O–H groups in total. The second-order valence-corrected chi connectivity index (χ2v) is 11.5. The first-order valence-corrected chi connectivity index (χ1v) is 14.4. The largest absolute Gasteiger partial charge is 0.331 e. The molecule has 206 valence electrons. The van der Waals surface area contributed by atoms with Crippen molar-refractivity contribution < 1.29 is 4.79 Å². The molecule has 41 heavy (non-hydrogen) atoms. The van der Waals surface area contributed by atoms with Crippen molar-refractivity contribution in [1.82, 2.24) is 24.3 Å². The summed E-state index contributed by atoms with van der Waals surface area (Å²) >= 11 is 3.64. The Balaban J connectivity index is 1.29. The Kier molecular flexibility index (Phi) is 7.43. The number of amides is 2. The van der Waals surface area contributed by atoms with E-state index in [-0.39, 0.29) is 12.1 Å². The van der Waals surface area contributed by atoms with Gasteiger partial charge >= 0.3 is 6.03 Å². The second kappa shape index (κ2) is 11.3. The number of anilines is 1. The van der Waals surface area contributed by atoms with E-state index in [4.69, 9.17) is 10.2 Å². The molecule has 8 nitrogen and oxygen atoms in total. The van der Waals surface area contributed by atoms with Crippen LogP contribution in [0.1, 0.15) is 45.4 Å². The van der Waals surface area contributed by atoms with Crippen molar-refractivity contribution in [2.75, 3.05) is 31.5 Å². The van der Waals surface area contributed by atoms with Gasteiger partial charge in [-0.1, -0.05) is 23.8 Å². The van der Waals surface area contributed by atoms with Gasteiger partial charge in [0, 0.05) is 61.5 Å². The highest BCUT2D eigenvalue weighted by Gasteiger charge is 2.34. The van der Waals surface area contributed by atoms with Crippen molar-refractivity contribution in [3.8, 4) is 6.07 Å². The third-order valence-corrected chi connectivity index (χ3v) is 8.28. The van der Waals surface area contributed by atoms with Crippen molar-refractivity contribution >= 4 is 39.3 Å². The fraction of sp³-hybridized carbons (Fsp3) is 0.250. The molecular formula is C32H30BrN7O.